The van der Waals surface area contributed by atoms with Crippen LogP contribution in [0.4, 0.5) is 4.79 Å². The molecular weight excluding hydrogens is 292 g/mol. The molecule has 0 atom stereocenters. The number of nitrogens with one attached hydrogen (secondary N) is 2. The van der Waals surface area contributed by atoms with Crippen molar-refractivity contribution in [1.29, 1.82) is 0 Å². The van der Waals surface area contributed by atoms with Crippen LogP contribution in [-0.2, 0) is 13.6 Å². The monoisotopic (exact) mass is 316 g/mol. The number of amides is 2. The second kappa shape index (κ2) is 8.22. The molecule has 0 spiro atoms. The Balaban J connectivity index is 1.68. The Morgan fingerprint density at radius 2 is 2.09 bits per heavy atom. The molecule has 0 fully saturated rings. The number of para-hydroxylation sites is 1. The molecule has 124 valence electrons. The Morgan fingerprint density at radius 1 is 1.30 bits per heavy atom. The fourth-order valence-corrected chi connectivity index (χ4v) is 2.22. The SMILES string of the molecule is CC(C)c1ccccc1OCCNC(=O)NCc1cnn(C)c1. The van der Waals surface area contributed by atoms with E-state index in [-0.39, 0.29) is 6.03 Å². The molecule has 0 aliphatic carbocycles. The van der Waals surface area contributed by atoms with Crippen LogP contribution >= 0.6 is 0 Å². The molecule has 0 saturated heterocycles. The van der Waals surface area contributed by atoms with E-state index in [4.69, 9.17) is 4.74 Å². The molecule has 0 bridgehead atoms. The number of nitrogens with zero attached hydrogens (tertiary/aromatic N) is 2. The molecule has 0 aliphatic rings. The lowest BCUT2D eigenvalue weighted by Crippen LogP contribution is -2.37. The average molecular weight is 316 g/mol. The van der Waals surface area contributed by atoms with Crippen molar-refractivity contribution in [2.45, 2.75) is 26.3 Å². The number of aryl methyl sites for hydroxylation is 1. The zero-order valence-corrected chi connectivity index (χ0v) is 13.9. The van der Waals surface area contributed by atoms with Crippen molar-refractivity contribution in [3.05, 3.63) is 47.8 Å². The van der Waals surface area contributed by atoms with Gasteiger partial charge in [-0.1, -0.05) is 32.0 Å². The van der Waals surface area contributed by atoms with Gasteiger partial charge in [0.1, 0.15) is 12.4 Å². The van der Waals surface area contributed by atoms with E-state index in [1.807, 2.05) is 31.4 Å². The van der Waals surface area contributed by atoms with E-state index in [2.05, 4.69) is 35.6 Å². The molecule has 2 N–H and O–H groups in total. The maximum atomic E-state index is 11.7. The van der Waals surface area contributed by atoms with Gasteiger partial charge in [0.15, 0.2) is 0 Å². The Kier molecular flexibility index (Phi) is 6.02. The summed E-state index contributed by atoms with van der Waals surface area (Å²) in [5.41, 5.74) is 2.14. The zero-order chi connectivity index (χ0) is 16.7. The second-order valence-electron chi connectivity index (χ2n) is 5.67. The van der Waals surface area contributed by atoms with Gasteiger partial charge in [-0.25, -0.2) is 4.79 Å². The zero-order valence-electron chi connectivity index (χ0n) is 13.9. The number of carbonyl (C=O) groups is 1. The van der Waals surface area contributed by atoms with Gasteiger partial charge in [0.05, 0.1) is 12.7 Å². The first kappa shape index (κ1) is 16.9. The fourth-order valence-electron chi connectivity index (χ4n) is 2.22. The molecule has 0 radical (unpaired) electrons. The number of urea groups is 1. The number of ether oxygens (including phenoxy) is 1. The summed E-state index contributed by atoms with van der Waals surface area (Å²) in [5.74, 6) is 1.28. The van der Waals surface area contributed by atoms with E-state index in [1.165, 1.54) is 5.56 Å². The highest BCUT2D eigenvalue weighted by atomic mass is 16.5. The highest BCUT2D eigenvalue weighted by Gasteiger charge is 2.07. The first-order valence-corrected chi connectivity index (χ1v) is 7.77. The molecule has 6 heteroatoms. The minimum atomic E-state index is -0.213. The smallest absolute Gasteiger partial charge is 0.315 e. The molecule has 0 saturated carbocycles. The molecule has 2 aromatic rings. The van der Waals surface area contributed by atoms with Crippen molar-refractivity contribution in [2.75, 3.05) is 13.2 Å². The van der Waals surface area contributed by atoms with Crippen molar-refractivity contribution in [3.63, 3.8) is 0 Å². The van der Waals surface area contributed by atoms with Crippen molar-refractivity contribution >= 4 is 6.03 Å². The summed E-state index contributed by atoms with van der Waals surface area (Å²) >= 11 is 0. The fraction of sp³-hybridized carbons (Fsp3) is 0.412. The largest absolute Gasteiger partial charge is 0.491 e. The van der Waals surface area contributed by atoms with Crippen molar-refractivity contribution in [1.82, 2.24) is 20.4 Å². The molecule has 2 amide bonds. The van der Waals surface area contributed by atoms with Crippen LogP contribution in [0, 0.1) is 0 Å². The minimum Gasteiger partial charge on any atom is -0.491 e. The highest BCUT2D eigenvalue weighted by molar-refractivity contribution is 5.73. The lowest BCUT2D eigenvalue weighted by molar-refractivity contribution is 0.236. The van der Waals surface area contributed by atoms with E-state index in [1.54, 1.807) is 10.9 Å². The first-order valence-electron chi connectivity index (χ1n) is 7.77. The van der Waals surface area contributed by atoms with Crippen molar-refractivity contribution in [2.24, 2.45) is 7.05 Å². The average Bonchev–Trinajstić information content (AvgIpc) is 2.95. The number of carbonyl (C=O) groups excluding carboxylic acids is 1. The number of aromatic nitrogens is 2. The lowest BCUT2D eigenvalue weighted by atomic mass is 10.0. The highest BCUT2D eigenvalue weighted by Crippen LogP contribution is 2.25. The number of rotatable bonds is 7. The van der Waals surface area contributed by atoms with Gasteiger partial charge in [-0.05, 0) is 17.5 Å². The summed E-state index contributed by atoms with van der Waals surface area (Å²) in [6.07, 6.45) is 3.60. The summed E-state index contributed by atoms with van der Waals surface area (Å²) in [7, 11) is 1.84. The number of hydrogen-bond acceptors (Lipinski definition) is 3. The summed E-state index contributed by atoms with van der Waals surface area (Å²) in [6, 6.07) is 7.77. The van der Waals surface area contributed by atoms with Crippen LogP contribution in [0.1, 0.15) is 30.9 Å². The standard InChI is InChI=1S/C17H24N4O2/c1-13(2)15-6-4-5-7-16(15)23-9-8-18-17(22)19-10-14-11-20-21(3)12-14/h4-7,11-13H,8-10H2,1-3H3,(H2,18,19,22). The summed E-state index contributed by atoms with van der Waals surface area (Å²) < 4.78 is 7.46. The topological polar surface area (TPSA) is 68.2 Å². The number of hydrogen-bond donors (Lipinski definition) is 2. The van der Waals surface area contributed by atoms with Gasteiger partial charge < -0.3 is 15.4 Å². The van der Waals surface area contributed by atoms with Crippen LogP contribution in [0.5, 0.6) is 5.75 Å². The van der Waals surface area contributed by atoms with Gasteiger partial charge in [-0.2, -0.15) is 5.10 Å². The molecule has 0 unspecified atom stereocenters. The van der Waals surface area contributed by atoms with Crippen LogP contribution in [0.3, 0.4) is 0 Å². The third-order valence-corrected chi connectivity index (χ3v) is 3.40. The molecule has 0 aliphatic heterocycles. The maximum Gasteiger partial charge on any atom is 0.315 e. The Labute approximate surface area is 136 Å². The van der Waals surface area contributed by atoms with Gasteiger partial charge in [0, 0.05) is 25.4 Å². The molecule has 1 heterocycles. The van der Waals surface area contributed by atoms with Gasteiger partial charge in [-0.15, -0.1) is 0 Å². The van der Waals surface area contributed by atoms with E-state index >= 15 is 0 Å². The molecule has 23 heavy (non-hydrogen) atoms. The van der Waals surface area contributed by atoms with Crippen LogP contribution in [0.15, 0.2) is 36.7 Å². The van der Waals surface area contributed by atoms with E-state index < -0.39 is 0 Å². The molecule has 6 nitrogen and oxygen atoms in total. The quantitative estimate of drug-likeness (QED) is 0.771. The Bertz CT molecular complexity index is 637. The van der Waals surface area contributed by atoms with Crippen LogP contribution < -0.4 is 15.4 Å². The third-order valence-electron chi connectivity index (χ3n) is 3.40. The van der Waals surface area contributed by atoms with Gasteiger partial charge in [0.2, 0.25) is 0 Å². The Hall–Kier alpha value is -2.50. The normalized spacial score (nSPS) is 10.6. The molecular formula is C17H24N4O2. The van der Waals surface area contributed by atoms with Crippen molar-refractivity contribution < 1.29 is 9.53 Å². The van der Waals surface area contributed by atoms with E-state index in [0.29, 0.717) is 25.6 Å². The first-order chi connectivity index (χ1) is 11.1. The summed E-state index contributed by atoms with van der Waals surface area (Å²) in [4.78, 5) is 11.7. The summed E-state index contributed by atoms with van der Waals surface area (Å²) in [5, 5.41) is 9.61. The van der Waals surface area contributed by atoms with E-state index in [9.17, 15) is 4.79 Å². The minimum absolute atomic E-state index is 0.213. The second-order valence-corrected chi connectivity index (χ2v) is 5.67. The van der Waals surface area contributed by atoms with Crippen molar-refractivity contribution in [3.8, 4) is 5.75 Å². The maximum absolute atomic E-state index is 11.7. The molecule has 1 aromatic heterocycles. The van der Waals surface area contributed by atoms with E-state index in [0.717, 1.165) is 11.3 Å². The van der Waals surface area contributed by atoms with Gasteiger partial charge >= 0.3 is 6.03 Å². The predicted octanol–water partition coefficient (Wildman–Crippen LogP) is 2.42. The Morgan fingerprint density at radius 3 is 2.78 bits per heavy atom. The lowest BCUT2D eigenvalue weighted by Gasteiger charge is -2.14. The van der Waals surface area contributed by atoms with Crippen LogP contribution in [-0.4, -0.2) is 29.0 Å². The third kappa shape index (κ3) is 5.32. The van der Waals surface area contributed by atoms with Gasteiger partial charge in [-0.3, -0.25) is 4.68 Å². The predicted molar refractivity (Wildman–Crippen MR) is 89.5 cm³/mol. The molecule has 1 aromatic carbocycles. The van der Waals surface area contributed by atoms with Crippen LogP contribution in [0.2, 0.25) is 0 Å². The van der Waals surface area contributed by atoms with Gasteiger partial charge in [0.25, 0.3) is 0 Å². The number of benzene rings is 1. The van der Waals surface area contributed by atoms with Crippen LogP contribution in [0.25, 0.3) is 0 Å². The molecule has 2 rings (SSSR count). The summed E-state index contributed by atoms with van der Waals surface area (Å²) in [6.45, 7) is 5.60.